The lowest BCUT2D eigenvalue weighted by Gasteiger charge is -2.52. The van der Waals surface area contributed by atoms with Crippen molar-refractivity contribution in [1.29, 1.82) is 0 Å². The quantitative estimate of drug-likeness (QED) is 0.764. The van der Waals surface area contributed by atoms with Gasteiger partial charge in [-0.25, -0.2) is 0 Å². The van der Waals surface area contributed by atoms with Crippen LogP contribution >= 0.6 is 0 Å². The number of piperidine rings is 1. The maximum Gasteiger partial charge on any atom is 0.222 e. The summed E-state index contributed by atoms with van der Waals surface area (Å²) in [6.45, 7) is 11.5. The largest absolute Gasteiger partial charge is 0.342 e. The van der Waals surface area contributed by atoms with Gasteiger partial charge in [0.05, 0.1) is 0 Å². The monoisotopic (exact) mass is 362 g/mol. The number of amides is 1. The third kappa shape index (κ3) is 3.95. The summed E-state index contributed by atoms with van der Waals surface area (Å²) in [5.41, 5.74) is 0.216. The Labute approximate surface area is 159 Å². The predicted octanol–water partition coefficient (Wildman–Crippen LogP) is 1.88. The van der Waals surface area contributed by atoms with Crippen LogP contribution in [-0.4, -0.2) is 96.5 Å². The first kappa shape index (κ1) is 18.7. The first-order valence-electron chi connectivity index (χ1n) is 11.0. The zero-order chi connectivity index (χ0) is 18.1. The van der Waals surface area contributed by atoms with Crippen LogP contribution in [0.3, 0.4) is 0 Å². The van der Waals surface area contributed by atoms with Crippen molar-refractivity contribution in [2.45, 2.75) is 63.5 Å². The van der Waals surface area contributed by atoms with Gasteiger partial charge >= 0.3 is 0 Å². The lowest BCUT2D eigenvalue weighted by molar-refractivity contribution is -0.131. The number of hydrogen-bond donors (Lipinski definition) is 0. The molecule has 1 saturated carbocycles. The summed E-state index contributed by atoms with van der Waals surface area (Å²) in [7, 11) is 2.30. The minimum absolute atomic E-state index is 0.216. The van der Waals surface area contributed by atoms with E-state index in [9.17, 15) is 4.79 Å². The minimum Gasteiger partial charge on any atom is -0.342 e. The summed E-state index contributed by atoms with van der Waals surface area (Å²) >= 11 is 0. The van der Waals surface area contributed by atoms with E-state index >= 15 is 0 Å². The molecular weight excluding hydrogens is 324 g/mol. The van der Waals surface area contributed by atoms with E-state index in [1.165, 1.54) is 58.4 Å². The average molecular weight is 363 g/mol. The van der Waals surface area contributed by atoms with E-state index in [0.29, 0.717) is 5.91 Å². The van der Waals surface area contributed by atoms with Gasteiger partial charge in [-0.3, -0.25) is 14.6 Å². The Balaban J connectivity index is 1.40. The lowest BCUT2D eigenvalue weighted by Crippen LogP contribution is -2.63. The molecule has 4 aliphatic rings. The number of carbonyl (C=O) groups excluding carboxylic acids is 1. The van der Waals surface area contributed by atoms with E-state index in [4.69, 9.17) is 0 Å². The lowest BCUT2D eigenvalue weighted by atomic mass is 9.85. The van der Waals surface area contributed by atoms with Crippen LogP contribution in [0.4, 0.5) is 0 Å². The number of nitrogens with zero attached hydrogens (tertiary/aromatic N) is 4. The fourth-order valence-corrected chi connectivity index (χ4v) is 5.44. The Morgan fingerprint density at radius 1 is 1.00 bits per heavy atom. The van der Waals surface area contributed by atoms with Crippen molar-refractivity contribution >= 4 is 5.91 Å². The third-order valence-electron chi connectivity index (χ3n) is 7.73. The normalized spacial score (nSPS) is 33.8. The Bertz CT molecular complexity index is 500. The van der Waals surface area contributed by atoms with Crippen molar-refractivity contribution < 1.29 is 4.79 Å². The Kier molecular flexibility index (Phi) is 5.58. The zero-order valence-corrected chi connectivity index (χ0v) is 17.0. The highest BCUT2D eigenvalue weighted by atomic mass is 16.2. The highest BCUT2D eigenvalue weighted by Crippen LogP contribution is 2.36. The van der Waals surface area contributed by atoms with Gasteiger partial charge in [0.25, 0.3) is 0 Å². The van der Waals surface area contributed by atoms with Crippen LogP contribution < -0.4 is 0 Å². The molecule has 0 aromatic carbocycles. The number of hydrogen-bond acceptors (Lipinski definition) is 4. The van der Waals surface area contributed by atoms with Crippen LogP contribution in [0.2, 0.25) is 0 Å². The SMILES string of the molecule is CCN1CCC(N2CCN(C)[C@]3(CCC(=O)N(CC4CC4)CC3)C2)CC1. The number of likely N-dealkylation sites (N-methyl/N-ethyl adjacent to an activating group) is 1. The van der Waals surface area contributed by atoms with Crippen molar-refractivity contribution in [1.82, 2.24) is 19.6 Å². The van der Waals surface area contributed by atoms with Crippen LogP contribution in [0.1, 0.15) is 51.9 Å². The maximum absolute atomic E-state index is 12.7. The average Bonchev–Trinajstić information content (AvgIpc) is 3.50. The molecule has 3 aliphatic heterocycles. The number of carbonyl (C=O) groups is 1. The van der Waals surface area contributed by atoms with Gasteiger partial charge in [-0.2, -0.15) is 0 Å². The second-order valence-electron chi connectivity index (χ2n) is 9.31. The second-order valence-corrected chi connectivity index (χ2v) is 9.31. The first-order chi connectivity index (χ1) is 12.6. The molecule has 4 fully saturated rings. The van der Waals surface area contributed by atoms with Crippen LogP contribution in [0.25, 0.3) is 0 Å². The predicted molar refractivity (Wildman–Crippen MR) is 105 cm³/mol. The van der Waals surface area contributed by atoms with Gasteiger partial charge in [-0.05, 0) is 71.1 Å². The van der Waals surface area contributed by atoms with Gasteiger partial charge in [0, 0.05) is 50.7 Å². The summed E-state index contributed by atoms with van der Waals surface area (Å²) in [5, 5.41) is 0. The van der Waals surface area contributed by atoms with E-state index in [0.717, 1.165) is 50.9 Å². The number of rotatable bonds is 4. The van der Waals surface area contributed by atoms with Gasteiger partial charge < -0.3 is 9.80 Å². The smallest absolute Gasteiger partial charge is 0.222 e. The highest BCUT2D eigenvalue weighted by molar-refractivity contribution is 5.76. The number of likely N-dealkylation sites (tertiary alicyclic amines) is 2. The van der Waals surface area contributed by atoms with Gasteiger partial charge in [-0.15, -0.1) is 0 Å². The second kappa shape index (κ2) is 7.76. The van der Waals surface area contributed by atoms with Crippen molar-refractivity contribution in [3.63, 3.8) is 0 Å². The van der Waals surface area contributed by atoms with E-state index in [1.54, 1.807) is 0 Å². The summed E-state index contributed by atoms with van der Waals surface area (Å²) < 4.78 is 0. The molecule has 3 saturated heterocycles. The molecule has 3 heterocycles. The summed E-state index contributed by atoms with van der Waals surface area (Å²) in [5.74, 6) is 1.22. The molecule has 1 spiro atoms. The molecule has 148 valence electrons. The fourth-order valence-electron chi connectivity index (χ4n) is 5.44. The zero-order valence-electron chi connectivity index (χ0n) is 17.0. The van der Waals surface area contributed by atoms with Crippen molar-refractivity contribution in [3.8, 4) is 0 Å². The Hall–Kier alpha value is -0.650. The Morgan fingerprint density at radius 3 is 2.46 bits per heavy atom. The molecular formula is C21H38N4O. The molecule has 5 heteroatoms. The van der Waals surface area contributed by atoms with Crippen molar-refractivity contribution in [2.75, 3.05) is 59.4 Å². The van der Waals surface area contributed by atoms with E-state index < -0.39 is 0 Å². The minimum atomic E-state index is 0.216. The molecule has 1 atom stereocenters. The fraction of sp³-hybridized carbons (Fsp3) is 0.952. The first-order valence-corrected chi connectivity index (χ1v) is 11.0. The van der Waals surface area contributed by atoms with Crippen molar-refractivity contribution in [3.05, 3.63) is 0 Å². The Morgan fingerprint density at radius 2 is 1.77 bits per heavy atom. The van der Waals surface area contributed by atoms with Gasteiger partial charge in [0.1, 0.15) is 0 Å². The molecule has 0 aromatic rings. The summed E-state index contributed by atoms with van der Waals surface area (Å²) in [6, 6.07) is 0.755. The van der Waals surface area contributed by atoms with Crippen LogP contribution in [0.15, 0.2) is 0 Å². The molecule has 0 aromatic heterocycles. The van der Waals surface area contributed by atoms with Gasteiger partial charge in [0.2, 0.25) is 5.91 Å². The molecule has 0 bridgehead atoms. The molecule has 1 amide bonds. The molecule has 5 nitrogen and oxygen atoms in total. The summed E-state index contributed by atoms with van der Waals surface area (Å²) in [6.07, 6.45) is 8.26. The maximum atomic E-state index is 12.7. The van der Waals surface area contributed by atoms with Crippen LogP contribution in [0.5, 0.6) is 0 Å². The molecule has 0 unspecified atom stereocenters. The molecule has 0 radical (unpaired) electrons. The molecule has 0 N–H and O–H groups in total. The van der Waals surface area contributed by atoms with Gasteiger partial charge in [0.15, 0.2) is 0 Å². The van der Waals surface area contributed by atoms with E-state index in [2.05, 4.69) is 33.6 Å². The summed E-state index contributed by atoms with van der Waals surface area (Å²) in [4.78, 5) is 22.8. The van der Waals surface area contributed by atoms with E-state index in [-0.39, 0.29) is 5.54 Å². The van der Waals surface area contributed by atoms with Gasteiger partial charge in [-0.1, -0.05) is 6.92 Å². The standard InChI is InChI=1S/C21H38N4O/c1-3-23-11-7-19(8-12-23)25-15-14-22(2)21(17-25)9-6-20(26)24(13-10-21)16-18-4-5-18/h18-19H,3-17H2,1-2H3/t21-/m0/s1. The van der Waals surface area contributed by atoms with Crippen LogP contribution in [0, 0.1) is 5.92 Å². The molecule has 1 aliphatic carbocycles. The highest BCUT2D eigenvalue weighted by Gasteiger charge is 2.44. The topological polar surface area (TPSA) is 30.0 Å². The van der Waals surface area contributed by atoms with Crippen molar-refractivity contribution in [2.24, 2.45) is 5.92 Å². The molecule has 26 heavy (non-hydrogen) atoms. The molecule has 4 rings (SSSR count). The third-order valence-corrected chi connectivity index (χ3v) is 7.73. The van der Waals surface area contributed by atoms with E-state index in [1.807, 2.05) is 0 Å². The van der Waals surface area contributed by atoms with Crippen LogP contribution in [-0.2, 0) is 4.79 Å². The number of piperazine rings is 1.